The summed E-state index contributed by atoms with van der Waals surface area (Å²) in [7, 11) is 1.59. The Hall–Kier alpha value is -3.86. The first-order valence-corrected chi connectivity index (χ1v) is 11.9. The Balaban J connectivity index is 1.29. The zero-order valence-electron chi connectivity index (χ0n) is 20.1. The number of nitriles is 1. The van der Waals surface area contributed by atoms with E-state index in [1.807, 2.05) is 36.4 Å². The molecule has 184 valence electrons. The van der Waals surface area contributed by atoms with Gasteiger partial charge in [0.05, 0.1) is 44.0 Å². The highest BCUT2D eigenvalue weighted by Gasteiger charge is 2.59. The van der Waals surface area contributed by atoms with Gasteiger partial charge in [0.25, 0.3) is 5.91 Å². The molecule has 5 rings (SSSR count). The molecule has 7 heteroatoms. The number of amides is 1. The number of rotatable bonds is 7. The normalized spacial score (nSPS) is 20.3. The van der Waals surface area contributed by atoms with E-state index in [0.29, 0.717) is 42.1 Å². The fourth-order valence-electron chi connectivity index (χ4n) is 4.90. The summed E-state index contributed by atoms with van der Waals surface area (Å²) in [6.45, 7) is 1.67. The lowest BCUT2D eigenvalue weighted by Gasteiger charge is -2.49. The lowest BCUT2D eigenvalue weighted by Crippen LogP contribution is -2.64. The van der Waals surface area contributed by atoms with Gasteiger partial charge in [0, 0.05) is 18.7 Å². The second kappa shape index (κ2) is 9.65. The van der Waals surface area contributed by atoms with Gasteiger partial charge in [-0.25, -0.2) is 0 Å². The van der Waals surface area contributed by atoms with Crippen molar-refractivity contribution in [2.45, 2.75) is 12.0 Å². The Kier molecular flexibility index (Phi) is 6.40. The van der Waals surface area contributed by atoms with Crippen molar-refractivity contribution in [1.82, 2.24) is 4.90 Å². The second-order valence-electron chi connectivity index (χ2n) is 9.51. The minimum absolute atomic E-state index is 0.0739. The number of benzene rings is 3. The van der Waals surface area contributed by atoms with Crippen LogP contribution >= 0.6 is 0 Å². The number of carbonyl (C=O) groups is 1. The molecule has 0 aliphatic carbocycles. The Morgan fingerprint density at radius 2 is 1.61 bits per heavy atom. The van der Waals surface area contributed by atoms with Crippen LogP contribution in [0.25, 0.3) is 11.1 Å². The highest BCUT2D eigenvalue weighted by atomic mass is 16.5. The molecule has 1 amide bonds. The Labute approximate surface area is 210 Å². The van der Waals surface area contributed by atoms with Crippen LogP contribution < -0.4 is 9.47 Å². The van der Waals surface area contributed by atoms with Crippen LogP contribution in [0.15, 0.2) is 72.8 Å². The number of methoxy groups -OCH3 is 1. The Bertz CT molecular complexity index is 1260. The van der Waals surface area contributed by atoms with Crippen LogP contribution in [-0.2, 0) is 4.74 Å². The van der Waals surface area contributed by atoms with Gasteiger partial charge in [-0.05, 0) is 66.1 Å². The van der Waals surface area contributed by atoms with Gasteiger partial charge in [0.15, 0.2) is 0 Å². The molecule has 2 aliphatic rings. The summed E-state index contributed by atoms with van der Waals surface area (Å²) >= 11 is 0. The number of hydrogen-bond donors (Lipinski definition) is 1. The molecule has 2 aliphatic heterocycles. The average Bonchev–Trinajstić information content (AvgIpc) is 3.36. The van der Waals surface area contributed by atoms with E-state index >= 15 is 0 Å². The van der Waals surface area contributed by atoms with Crippen LogP contribution in [0.2, 0.25) is 0 Å². The summed E-state index contributed by atoms with van der Waals surface area (Å²) in [5.41, 5.74) is 1.58. The second-order valence-corrected chi connectivity index (χ2v) is 9.51. The van der Waals surface area contributed by atoms with E-state index in [9.17, 15) is 9.90 Å². The third-order valence-electron chi connectivity index (χ3n) is 7.36. The van der Waals surface area contributed by atoms with Crippen LogP contribution in [0, 0.1) is 16.7 Å². The molecule has 2 heterocycles. The summed E-state index contributed by atoms with van der Waals surface area (Å²) in [4.78, 5) is 15.0. The lowest BCUT2D eigenvalue weighted by molar-refractivity contribution is -0.243. The fraction of sp³-hybridized carbons (Fsp3) is 0.310. The quantitative estimate of drug-likeness (QED) is 0.547. The highest BCUT2D eigenvalue weighted by Crippen LogP contribution is 2.45. The number of likely N-dealkylation sites (tertiary alicyclic amines) is 1. The van der Waals surface area contributed by atoms with Gasteiger partial charge in [0.1, 0.15) is 17.1 Å². The van der Waals surface area contributed by atoms with Crippen LogP contribution in [0.4, 0.5) is 0 Å². The van der Waals surface area contributed by atoms with Crippen molar-refractivity contribution in [3.63, 3.8) is 0 Å². The first-order valence-electron chi connectivity index (χ1n) is 11.9. The SMILES string of the molecule is COc1ccc(C(=O)N2CCC(COc3ccc(-c4ccc(C#N)cc4)cc3)(C3(O)COC3)C2)cc1. The van der Waals surface area contributed by atoms with Gasteiger partial charge in [-0.1, -0.05) is 24.3 Å². The molecule has 36 heavy (non-hydrogen) atoms. The van der Waals surface area contributed by atoms with Crippen LogP contribution in [0.5, 0.6) is 11.5 Å². The maximum atomic E-state index is 13.2. The molecule has 3 aromatic carbocycles. The molecule has 0 bridgehead atoms. The third kappa shape index (κ3) is 4.41. The van der Waals surface area contributed by atoms with E-state index < -0.39 is 11.0 Å². The van der Waals surface area contributed by atoms with Crippen molar-refractivity contribution in [3.8, 4) is 28.7 Å². The fourth-order valence-corrected chi connectivity index (χ4v) is 4.90. The van der Waals surface area contributed by atoms with Gasteiger partial charge in [-0.3, -0.25) is 4.79 Å². The van der Waals surface area contributed by atoms with Gasteiger partial charge < -0.3 is 24.2 Å². The van der Waals surface area contributed by atoms with E-state index in [-0.39, 0.29) is 25.7 Å². The van der Waals surface area contributed by atoms with Crippen molar-refractivity contribution in [1.29, 1.82) is 5.26 Å². The lowest BCUT2D eigenvalue weighted by atomic mass is 9.70. The average molecular weight is 485 g/mol. The highest BCUT2D eigenvalue weighted by molar-refractivity contribution is 5.94. The first-order chi connectivity index (χ1) is 17.4. The van der Waals surface area contributed by atoms with Crippen LogP contribution in [0.1, 0.15) is 22.3 Å². The van der Waals surface area contributed by atoms with E-state index in [4.69, 9.17) is 19.5 Å². The van der Waals surface area contributed by atoms with Gasteiger partial charge >= 0.3 is 0 Å². The molecule has 0 radical (unpaired) electrons. The van der Waals surface area contributed by atoms with Crippen molar-refractivity contribution >= 4 is 5.91 Å². The molecule has 1 unspecified atom stereocenters. The molecular weight excluding hydrogens is 456 g/mol. The molecule has 2 fully saturated rings. The van der Waals surface area contributed by atoms with Crippen LogP contribution in [0.3, 0.4) is 0 Å². The maximum absolute atomic E-state index is 13.2. The summed E-state index contributed by atoms with van der Waals surface area (Å²) < 4.78 is 16.8. The molecule has 7 nitrogen and oxygen atoms in total. The summed E-state index contributed by atoms with van der Waals surface area (Å²) in [6.07, 6.45) is 0.623. The number of aliphatic hydroxyl groups is 1. The first kappa shape index (κ1) is 23.9. The number of carbonyl (C=O) groups excluding carboxylic acids is 1. The largest absolute Gasteiger partial charge is 0.497 e. The molecule has 0 aromatic heterocycles. The summed E-state index contributed by atoms with van der Waals surface area (Å²) in [6, 6.07) is 24.4. The van der Waals surface area contributed by atoms with Gasteiger partial charge in [-0.2, -0.15) is 5.26 Å². The zero-order valence-corrected chi connectivity index (χ0v) is 20.1. The van der Waals surface area contributed by atoms with E-state index in [1.54, 1.807) is 48.4 Å². The minimum atomic E-state index is -1.04. The number of ether oxygens (including phenoxy) is 3. The summed E-state index contributed by atoms with van der Waals surface area (Å²) in [5.74, 6) is 1.31. The van der Waals surface area contributed by atoms with Gasteiger partial charge in [0.2, 0.25) is 0 Å². The van der Waals surface area contributed by atoms with Crippen molar-refractivity contribution < 1.29 is 24.1 Å². The molecule has 3 aromatic rings. The van der Waals surface area contributed by atoms with E-state index in [1.165, 1.54) is 0 Å². The minimum Gasteiger partial charge on any atom is -0.497 e. The number of hydrogen-bond acceptors (Lipinski definition) is 6. The Morgan fingerprint density at radius 3 is 2.17 bits per heavy atom. The monoisotopic (exact) mass is 484 g/mol. The summed E-state index contributed by atoms with van der Waals surface area (Å²) in [5, 5.41) is 20.3. The standard InChI is InChI=1S/C29H28N2O5/c1-34-25-10-8-24(9-11-25)27(32)31-15-14-28(17-31,29(33)19-35-20-29)18-36-26-12-6-23(7-13-26)22-4-2-21(16-30)3-5-22/h2-13,33H,14-15,17-20H2,1H3. The molecule has 2 saturated heterocycles. The van der Waals surface area contributed by atoms with Gasteiger partial charge in [-0.15, -0.1) is 0 Å². The number of nitrogens with zero attached hydrogens (tertiary/aromatic N) is 2. The topological polar surface area (TPSA) is 92.0 Å². The molecule has 1 N–H and O–H groups in total. The Morgan fingerprint density at radius 1 is 1.00 bits per heavy atom. The molecule has 1 atom stereocenters. The van der Waals surface area contributed by atoms with E-state index in [0.717, 1.165) is 11.1 Å². The third-order valence-corrected chi connectivity index (χ3v) is 7.36. The zero-order chi connectivity index (χ0) is 25.2. The molecule has 0 saturated carbocycles. The predicted octanol–water partition coefficient (Wildman–Crippen LogP) is 3.91. The molecule has 0 spiro atoms. The van der Waals surface area contributed by atoms with Crippen LogP contribution in [-0.4, -0.2) is 61.5 Å². The maximum Gasteiger partial charge on any atom is 0.253 e. The van der Waals surface area contributed by atoms with Crippen molar-refractivity contribution in [2.75, 3.05) is 40.0 Å². The predicted molar refractivity (Wildman–Crippen MR) is 134 cm³/mol. The van der Waals surface area contributed by atoms with E-state index in [2.05, 4.69) is 6.07 Å². The smallest absolute Gasteiger partial charge is 0.253 e. The van der Waals surface area contributed by atoms with Crippen molar-refractivity contribution in [2.24, 2.45) is 5.41 Å². The van der Waals surface area contributed by atoms with Crippen molar-refractivity contribution in [3.05, 3.63) is 83.9 Å². The molecular formula is C29H28N2O5.